The van der Waals surface area contributed by atoms with Crippen molar-refractivity contribution in [2.45, 2.75) is 18.9 Å². The molecule has 2 atom stereocenters. The Labute approximate surface area is 110 Å². The molecule has 0 radical (unpaired) electrons. The van der Waals surface area contributed by atoms with Crippen LogP contribution >= 0.6 is 0 Å². The van der Waals surface area contributed by atoms with Crippen molar-refractivity contribution in [1.29, 1.82) is 0 Å². The van der Waals surface area contributed by atoms with Gasteiger partial charge in [0.1, 0.15) is 5.92 Å². The van der Waals surface area contributed by atoms with Gasteiger partial charge in [0.25, 0.3) is 0 Å². The molecule has 0 bridgehead atoms. The fourth-order valence-electron chi connectivity index (χ4n) is 2.99. The Morgan fingerprint density at radius 3 is 3.05 bits per heavy atom. The van der Waals surface area contributed by atoms with E-state index in [1.807, 2.05) is 6.07 Å². The first-order valence-electron chi connectivity index (χ1n) is 6.35. The number of ether oxygens (including phenoxy) is 1. The summed E-state index contributed by atoms with van der Waals surface area (Å²) in [6.07, 6.45) is 6.54. The van der Waals surface area contributed by atoms with Crippen LogP contribution in [-0.2, 0) is 14.3 Å². The summed E-state index contributed by atoms with van der Waals surface area (Å²) in [6, 6.07) is 1.74. The first-order valence-corrected chi connectivity index (χ1v) is 6.35. The van der Waals surface area contributed by atoms with Gasteiger partial charge in [-0.15, -0.1) is 0 Å². The Balaban J connectivity index is 2.01. The first kappa shape index (κ1) is 12.0. The molecule has 1 aromatic rings. The number of methoxy groups -OCH3 is 1. The number of nitrogens with zero attached hydrogens (tertiary/aromatic N) is 1. The predicted molar refractivity (Wildman–Crippen MR) is 66.9 cm³/mol. The Kier molecular flexibility index (Phi) is 2.89. The molecule has 2 aliphatic heterocycles. The highest BCUT2D eigenvalue weighted by molar-refractivity contribution is 6.10. The van der Waals surface area contributed by atoms with E-state index >= 15 is 0 Å². The number of rotatable bonds is 2. The van der Waals surface area contributed by atoms with Crippen LogP contribution in [0.5, 0.6) is 0 Å². The Morgan fingerprint density at radius 1 is 1.53 bits per heavy atom. The maximum atomic E-state index is 12.2. The highest BCUT2D eigenvalue weighted by Crippen LogP contribution is 2.37. The maximum Gasteiger partial charge on any atom is 0.318 e. The van der Waals surface area contributed by atoms with Gasteiger partial charge in [-0.3, -0.25) is 9.59 Å². The topological polar surface area (TPSA) is 59.8 Å². The lowest BCUT2D eigenvalue weighted by Gasteiger charge is -2.35. The number of esters is 1. The molecule has 3 rings (SSSR count). The quantitative estimate of drug-likeness (QED) is 0.596. The van der Waals surface area contributed by atoms with E-state index in [-0.39, 0.29) is 11.8 Å². The summed E-state index contributed by atoms with van der Waals surface area (Å²) in [4.78, 5) is 26.1. The van der Waals surface area contributed by atoms with Gasteiger partial charge >= 0.3 is 5.97 Å². The molecule has 0 spiro atoms. The third-order valence-electron chi connectivity index (χ3n) is 3.85. The van der Waals surface area contributed by atoms with Crippen LogP contribution in [0, 0.1) is 5.92 Å². The van der Waals surface area contributed by atoms with Crippen molar-refractivity contribution in [3.63, 3.8) is 0 Å². The molecule has 5 nitrogen and oxygen atoms in total. The van der Waals surface area contributed by atoms with Crippen LogP contribution in [0.15, 0.2) is 29.1 Å². The Hall–Kier alpha value is -2.04. The average molecular weight is 261 g/mol. The number of hydrogen-bond donors (Lipinski definition) is 0. The van der Waals surface area contributed by atoms with Crippen LogP contribution in [0.2, 0.25) is 0 Å². The first-order chi connectivity index (χ1) is 9.22. The van der Waals surface area contributed by atoms with Gasteiger partial charge < -0.3 is 14.1 Å². The van der Waals surface area contributed by atoms with Gasteiger partial charge in [0.15, 0.2) is 5.78 Å². The summed E-state index contributed by atoms with van der Waals surface area (Å²) in [5.41, 5.74) is 1.73. The van der Waals surface area contributed by atoms with Gasteiger partial charge in [-0.25, -0.2) is 0 Å². The van der Waals surface area contributed by atoms with Crippen molar-refractivity contribution >= 4 is 17.4 Å². The molecular formula is C14H15NO4. The van der Waals surface area contributed by atoms with E-state index in [4.69, 9.17) is 9.15 Å². The fourth-order valence-corrected chi connectivity index (χ4v) is 2.99. The van der Waals surface area contributed by atoms with Crippen LogP contribution in [0.1, 0.15) is 18.4 Å². The monoisotopic (exact) mass is 261 g/mol. The second-order valence-electron chi connectivity index (χ2n) is 4.85. The van der Waals surface area contributed by atoms with Crippen molar-refractivity contribution in [3.05, 3.63) is 30.2 Å². The van der Waals surface area contributed by atoms with E-state index in [0.717, 1.165) is 30.6 Å². The van der Waals surface area contributed by atoms with Crippen LogP contribution in [-0.4, -0.2) is 36.3 Å². The van der Waals surface area contributed by atoms with Gasteiger partial charge in [0.05, 0.1) is 25.3 Å². The number of carbonyl (C=O) groups excluding carboxylic acids is 2. The van der Waals surface area contributed by atoms with E-state index < -0.39 is 11.9 Å². The lowest BCUT2D eigenvalue weighted by molar-refractivity contribution is -0.150. The highest BCUT2D eigenvalue weighted by atomic mass is 16.5. The zero-order valence-electron chi connectivity index (χ0n) is 10.7. The number of carbonyl (C=O) groups is 2. The molecule has 0 saturated carbocycles. The molecule has 0 unspecified atom stereocenters. The zero-order valence-corrected chi connectivity index (χ0v) is 10.7. The lowest BCUT2D eigenvalue weighted by atomic mass is 9.88. The van der Waals surface area contributed by atoms with E-state index in [1.165, 1.54) is 13.2 Å². The minimum Gasteiger partial charge on any atom is -0.472 e. The molecule has 0 aliphatic carbocycles. The molecule has 0 N–H and O–H groups in total. The second-order valence-corrected chi connectivity index (χ2v) is 4.85. The summed E-state index contributed by atoms with van der Waals surface area (Å²) in [5.74, 6) is -1.31. The van der Waals surface area contributed by atoms with Crippen molar-refractivity contribution in [3.8, 4) is 0 Å². The number of hydrogen-bond acceptors (Lipinski definition) is 5. The van der Waals surface area contributed by atoms with E-state index in [1.54, 1.807) is 12.5 Å². The molecular weight excluding hydrogens is 246 g/mol. The van der Waals surface area contributed by atoms with Crippen molar-refractivity contribution in [1.82, 2.24) is 4.90 Å². The summed E-state index contributed by atoms with van der Waals surface area (Å²) >= 11 is 0. The van der Waals surface area contributed by atoms with Gasteiger partial charge in [0, 0.05) is 24.2 Å². The van der Waals surface area contributed by atoms with Crippen LogP contribution < -0.4 is 0 Å². The standard InChI is InChI=1S/C14H15NO4/c1-18-14(17)13-10-3-2-5-15(10)11(7-12(13)16)9-4-6-19-8-9/h4,6-8,10,13H,2-3,5H2,1H3/t10-,13-/m0/s1. The molecule has 3 heterocycles. The van der Waals surface area contributed by atoms with Gasteiger partial charge in [0.2, 0.25) is 0 Å². The van der Waals surface area contributed by atoms with Crippen molar-refractivity contribution in [2.75, 3.05) is 13.7 Å². The molecule has 1 saturated heterocycles. The van der Waals surface area contributed by atoms with Crippen LogP contribution in [0.4, 0.5) is 0 Å². The van der Waals surface area contributed by atoms with Crippen LogP contribution in [0.25, 0.3) is 5.70 Å². The second kappa shape index (κ2) is 4.57. The van der Waals surface area contributed by atoms with E-state index in [0.29, 0.717) is 0 Å². The van der Waals surface area contributed by atoms with Crippen molar-refractivity contribution < 1.29 is 18.7 Å². The highest BCUT2D eigenvalue weighted by Gasteiger charge is 2.45. The minimum atomic E-state index is -0.692. The molecule has 5 heteroatoms. The largest absolute Gasteiger partial charge is 0.472 e. The Morgan fingerprint density at radius 2 is 2.37 bits per heavy atom. The molecule has 0 amide bonds. The van der Waals surface area contributed by atoms with E-state index in [9.17, 15) is 9.59 Å². The molecule has 2 aliphatic rings. The summed E-state index contributed by atoms with van der Waals surface area (Å²) in [7, 11) is 1.32. The minimum absolute atomic E-state index is 0.0881. The number of fused-ring (bicyclic) bond motifs is 1. The summed E-state index contributed by atoms with van der Waals surface area (Å²) in [6.45, 7) is 0.850. The van der Waals surface area contributed by atoms with Gasteiger partial charge in [-0.1, -0.05) is 0 Å². The third kappa shape index (κ3) is 1.85. The van der Waals surface area contributed by atoms with E-state index in [2.05, 4.69) is 4.90 Å². The number of allylic oxidation sites excluding steroid dienone is 1. The average Bonchev–Trinajstić information content (AvgIpc) is 3.07. The zero-order chi connectivity index (χ0) is 13.4. The lowest BCUT2D eigenvalue weighted by Crippen LogP contribution is -2.46. The fraction of sp³-hybridized carbons (Fsp3) is 0.429. The third-order valence-corrected chi connectivity index (χ3v) is 3.85. The van der Waals surface area contributed by atoms with Crippen molar-refractivity contribution in [2.24, 2.45) is 5.92 Å². The molecule has 1 fully saturated rings. The molecule has 0 aromatic carbocycles. The number of ketones is 1. The predicted octanol–water partition coefficient (Wildman–Crippen LogP) is 1.46. The SMILES string of the molecule is COC(=O)[C@@H]1C(=O)C=C(c2ccoc2)N2CCC[C@@H]12. The summed E-state index contributed by atoms with van der Waals surface area (Å²) in [5, 5.41) is 0. The van der Waals surface area contributed by atoms with Gasteiger partial charge in [-0.2, -0.15) is 0 Å². The van der Waals surface area contributed by atoms with Gasteiger partial charge in [-0.05, 0) is 18.9 Å². The molecule has 1 aromatic heterocycles. The maximum absolute atomic E-state index is 12.2. The molecule has 100 valence electrons. The van der Waals surface area contributed by atoms with Crippen LogP contribution in [0.3, 0.4) is 0 Å². The smallest absolute Gasteiger partial charge is 0.318 e. The molecule has 19 heavy (non-hydrogen) atoms. The number of furan rings is 1. The Bertz CT molecular complexity index is 532. The summed E-state index contributed by atoms with van der Waals surface area (Å²) < 4.78 is 9.84. The normalized spacial score (nSPS) is 26.1.